The molecule has 10 N–H and O–H groups in total. The molecule has 0 saturated heterocycles. The molecule has 14 nitrogen and oxygen atoms in total. The lowest BCUT2D eigenvalue weighted by atomic mass is 10.3. The average molecular weight is 561 g/mol. The van der Waals surface area contributed by atoms with E-state index < -0.39 is 48.9 Å². The molecule has 2 atom stereocenters. The number of carboxylic acid groups (broad SMARTS) is 4. The third-order valence-corrected chi connectivity index (χ3v) is 3.57. The fourth-order valence-corrected chi connectivity index (χ4v) is 1.64. The summed E-state index contributed by atoms with van der Waals surface area (Å²) < 4.78 is 0. The largest absolute Gasteiger partial charge is 0.550 e. The van der Waals surface area contributed by atoms with Crippen LogP contribution < -0.4 is 41.7 Å². The SMILES string of the molecule is CC[NH2+]CC.CC[NH2+]CC.CC[NH2+]CC.CC[NH2+]CC.O=C([O-])CC(O)C(=O)[O-].O=C([O-])CC(O)C(=O)[O-]. The zero-order valence-electron chi connectivity index (χ0n) is 24.7. The molecule has 0 amide bonds. The standard InChI is InChI=1S/4C4H11N.2C4H6O5/c4*1-3-5-4-2;2*5-2(4(8)9)1-3(6)7/h4*5H,3-4H2,1-2H3;2*2,5H,1H2,(H,6,7)(H,8,9). The molecular weight excluding hydrogens is 504 g/mol. The zero-order chi connectivity index (χ0) is 31.4. The first-order valence-corrected chi connectivity index (χ1v) is 13.2. The van der Waals surface area contributed by atoms with Gasteiger partial charge in [-0.1, -0.05) is 0 Å². The Morgan fingerprint density at radius 3 is 0.658 bits per heavy atom. The lowest BCUT2D eigenvalue weighted by Gasteiger charge is -2.10. The van der Waals surface area contributed by atoms with Crippen molar-refractivity contribution in [2.75, 3.05) is 52.4 Å². The maximum absolute atomic E-state index is 9.58. The maximum Gasteiger partial charge on any atom is 0.0985 e. The first-order valence-electron chi connectivity index (χ1n) is 13.2. The van der Waals surface area contributed by atoms with E-state index >= 15 is 0 Å². The number of carbonyl (C=O) groups excluding carboxylic acids is 4. The van der Waals surface area contributed by atoms with Crippen LogP contribution in [0.2, 0.25) is 0 Å². The molecule has 0 aromatic heterocycles. The fourth-order valence-electron chi connectivity index (χ4n) is 1.64. The molecule has 38 heavy (non-hydrogen) atoms. The summed E-state index contributed by atoms with van der Waals surface area (Å²) in [5.41, 5.74) is 0. The number of carboxylic acids is 4. The minimum absolute atomic E-state index is 0.928. The molecule has 0 saturated carbocycles. The van der Waals surface area contributed by atoms with Crippen LogP contribution in [0.1, 0.15) is 68.2 Å². The van der Waals surface area contributed by atoms with Crippen LogP contribution in [0, 0.1) is 0 Å². The van der Waals surface area contributed by atoms with Gasteiger partial charge in [-0.2, -0.15) is 0 Å². The van der Waals surface area contributed by atoms with Crippen molar-refractivity contribution >= 4 is 23.9 Å². The highest BCUT2D eigenvalue weighted by Crippen LogP contribution is 1.86. The highest BCUT2D eigenvalue weighted by atomic mass is 16.4. The molecule has 0 heterocycles. The minimum Gasteiger partial charge on any atom is -0.550 e. The Hall–Kier alpha value is -2.36. The van der Waals surface area contributed by atoms with Crippen LogP contribution in [-0.2, 0) is 19.2 Å². The van der Waals surface area contributed by atoms with Gasteiger partial charge in [-0.25, -0.2) is 0 Å². The van der Waals surface area contributed by atoms with Crippen molar-refractivity contribution in [1.82, 2.24) is 0 Å². The Kier molecular flexibility index (Phi) is 57.2. The Labute approximate surface area is 228 Å². The van der Waals surface area contributed by atoms with Gasteiger partial charge in [-0.05, 0) is 55.4 Å². The normalized spacial score (nSPS) is 10.4. The number of nitrogens with two attached hydrogens (primary N) is 4. The second kappa shape index (κ2) is 44.6. The molecule has 0 aliphatic rings. The number of quaternary nitrogens is 4. The molecule has 0 aliphatic carbocycles. The Bertz CT molecular complexity index is 449. The van der Waals surface area contributed by atoms with Crippen LogP contribution in [0.25, 0.3) is 0 Å². The summed E-state index contributed by atoms with van der Waals surface area (Å²) in [5.74, 6) is -6.85. The van der Waals surface area contributed by atoms with Crippen LogP contribution >= 0.6 is 0 Å². The Balaban J connectivity index is -0.0000000829. The van der Waals surface area contributed by atoms with Gasteiger partial charge in [0.2, 0.25) is 0 Å². The number of carbonyl (C=O) groups is 4. The van der Waals surface area contributed by atoms with Gasteiger partial charge in [-0.3, -0.25) is 0 Å². The van der Waals surface area contributed by atoms with E-state index in [0.717, 1.165) is 0 Å². The molecule has 14 heteroatoms. The third-order valence-electron chi connectivity index (χ3n) is 3.57. The van der Waals surface area contributed by atoms with Crippen molar-refractivity contribution in [3.63, 3.8) is 0 Å². The maximum atomic E-state index is 9.58. The predicted molar refractivity (Wildman–Crippen MR) is 133 cm³/mol. The molecule has 0 spiro atoms. The highest BCUT2D eigenvalue weighted by Gasteiger charge is 2.03. The van der Waals surface area contributed by atoms with Gasteiger partial charge in [0.15, 0.2) is 0 Å². The van der Waals surface area contributed by atoms with Gasteiger partial charge in [0.1, 0.15) is 0 Å². The zero-order valence-corrected chi connectivity index (χ0v) is 24.7. The summed E-state index contributed by atoms with van der Waals surface area (Å²) >= 11 is 0. The number of aliphatic hydroxyl groups is 2. The van der Waals surface area contributed by atoms with E-state index in [2.05, 4.69) is 76.7 Å². The molecule has 0 bridgehead atoms. The molecule has 232 valence electrons. The van der Waals surface area contributed by atoms with Crippen LogP contribution in [0.4, 0.5) is 0 Å². The molecular formula is C24H56N4O10. The minimum atomic E-state index is -1.96. The predicted octanol–water partition coefficient (Wildman–Crippen LogP) is -9.17. The van der Waals surface area contributed by atoms with Crippen LogP contribution in [-0.4, -0.2) is 98.7 Å². The number of rotatable bonds is 14. The number of hydrogen-bond acceptors (Lipinski definition) is 10. The summed E-state index contributed by atoms with van der Waals surface area (Å²) in [4.78, 5) is 38.3. The van der Waals surface area contributed by atoms with Crippen molar-refractivity contribution < 1.29 is 71.1 Å². The summed E-state index contributed by atoms with van der Waals surface area (Å²) in [7, 11) is 0. The van der Waals surface area contributed by atoms with E-state index in [0.29, 0.717) is 0 Å². The highest BCUT2D eigenvalue weighted by molar-refractivity contribution is 5.77. The fraction of sp³-hybridized carbons (Fsp3) is 0.833. The van der Waals surface area contributed by atoms with Gasteiger partial charge in [0.25, 0.3) is 0 Å². The van der Waals surface area contributed by atoms with Crippen LogP contribution in [0.5, 0.6) is 0 Å². The number of hydrogen-bond donors (Lipinski definition) is 6. The first-order chi connectivity index (χ1) is 17.7. The monoisotopic (exact) mass is 560 g/mol. The van der Waals surface area contributed by atoms with Crippen molar-refractivity contribution in [3.05, 3.63) is 0 Å². The molecule has 2 unspecified atom stereocenters. The number of aliphatic carboxylic acids is 4. The van der Waals surface area contributed by atoms with Crippen molar-refractivity contribution in [2.24, 2.45) is 0 Å². The van der Waals surface area contributed by atoms with Crippen molar-refractivity contribution in [1.29, 1.82) is 0 Å². The van der Waals surface area contributed by atoms with Gasteiger partial charge < -0.3 is 71.1 Å². The van der Waals surface area contributed by atoms with E-state index in [4.69, 9.17) is 10.2 Å². The molecule has 0 aromatic carbocycles. The topological polar surface area (TPSA) is 267 Å². The molecule has 0 aliphatic heterocycles. The summed E-state index contributed by atoms with van der Waals surface area (Å²) in [6.45, 7) is 27.0. The first kappa shape index (κ1) is 48.7. The summed E-state index contributed by atoms with van der Waals surface area (Å²) in [6, 6.07) is 0. The Morgan fingerprint density at radius 1 is 0.474 bits per heavy atom. The van der Waals surface area contributed by atoms with Crippen molar-refractivity contribution in [3.8, 4) is 0 Å². The second-order valence-corrected chi connectivity index (χ2v) is 7.24. The Morgan fingerprint density at radius 2 is 0.632 bits per heavy atom. The molecule has 0 radical (unpaired) electrons. The van der Waals surface area contributed by atoms with Gasteiger partial charge in [0, 0.05) is 24.8 Å². The van der Waals surface area contributed by atoms with Crippen molar-refractivity contribution in [2.45, 2.75) is 80.4 Å². The molecule has 0 rings (SSSR count). The summed E-state index contributed by atoms with van der Waals surface area (Å²) in [6.07, 6.45) is -5.78. The quantitative estimate of drug-likeness (QED) is 0.117. The second-order valence-electron chi connectivity index (χ2n) is 7.24. The van der Waals surface area contributed by atoms with Gasteiger partial charge in [-0.15, -0.1) is 0 Å². The van der Waals surface area contributed by atoms with Crippen LogP contribution in [0.15, 0.2) is 0 Å². The number of aliphatic hydroxyl groups excluding tert-OH is 2. The third kappa shape index (κ3) is 76.5. The molecule has 0 fully saturated rings. The van der Waals surface area contributed by atoms with E-state index in [1.807, 2.05) is 0 Å². The van der Waals surface area contributed by atoms with E-state index in [1.165, 1.54) is 52.4 Å². The lowest BCUT2D eigenvalue weighted by Crippen LogP contribution is -2.82. The molecule has 0 aromatic rings. The van der Waals surface area contributed by atoms with E-state index in [9.17, 15) is 39.6 Å². The van der Waals surface area contributed by atoms with E-state index in [-0.39, 0.29) is 0 Å². The van der Waals surface area contributed by atoms with Crippen LogP contribution in [0.3, 0.4) is 0 Å². The van der Waals surface area contributed by atoms with Gasteiger partial charge in [0.05, 0.1) is 76.5 Å². The lowest BCUT2D eigenvalue weighted by molar-refractivity contribution is -0.648. The average Bonchev–Trinajstić information content (AvgIpc) is 2.82. The van der Waals surface area contributed by atoms with Gasteiger partial charge >= 0.3 is 0 Å². The summed E-state index contributed by atoms with van der Waals surface area (Å²) in [5, 5.41) is 63.7. The smallest absolute Gasteiger partial charge is 0.0985 e. The van der Waals surface area contributed by atoms with E-state index in [1.54, 1.807) is 0 Å².